The van der Waals surface area contributed by atoms with Gasteiger partial charge in [0.05, 0.1) is 29.2 Å². The van der Waals surface area contributed by atoms with E-state index in [9.17, 15) is 24.5 Å². The molecule has 0 fully saturated rings. The van der Waals surface area contributed by atoms with E-state index < -0.39 is 22.6 Å². The number of imide groups is 1. The molecule has 0 saturated carbocycles. The Morgan fingerprint density at radius 1 is 1.15 bits per heavy atom. The van der Waals surface area contributed by atoms with E-state index in [-0.39, 0.29) is 30.1 Å². The van der Waals surface area contributed by atoms with E-state index in [1.807, 2.05) is 0 Å². The van der Waals surface area contributed by atoms with Gasteiger partial charge in [0, 0.05) is 13.0 Å². The monoisotopic (exact) mass is 369 g/mol. The standard InChI is InChI=1S/C18H15N3O6/c1-27-11-6-7-14(15(10-11)21(25)26)19-16(22)8-9-20-17(23)12-4-2-3-5-13(12)18(20)24/h2-7,10H,8-9H2,1H3,(H,19,22). The van der Waals surface area contributed by atoms with E-state index in [2.05, 4.69) is 5.32 Å². The highest BCUT2D eigenvalue weighted by Gasteiger charge is 2.35. The number of hydrogen-bond acceptors (Lipinski definition) is 6. The van der Waals surface area contributed by atoms with Gasteiger partial charge in [0.2, 0.25) is 5.91 Å². The van der Waals surface area contributed by atoms with Crippen LogP contribution in [0, 0.1) is 10.1 Å². The highest BCUT2D eigenvalue weighted by atomic mass is 16.6. The molecule has 3 rings (SSSR count). The van der Waals surface area contributed by atoms with Crippen LogP contribution in [0.15, 0.2) is 42.5 Å². The zero-order chi connectivity index (χ0) is 19.6. The molecule has 0 aliphatic carbocycles. The molecule has 1 aliphatic heterocycles. The number of nitrogens with zero attached hydrogens (tertiary/aromatic N) is 2. The first kappa shape index (κ1) is 18.1. The molecule has 0 radical (unpaired) electrons. The number of carbonyl (C=O) groups excluding carboxylic acids is 3. The van der Waals surface area contributed by atoms with E-state index >= 15 is 0 Å². The molecular weight excluding hydrogens is 354 g/mol. The molecule has 9 heteroatoms. The van der Waals surface area contributed by atoms with Gasteiger partial charge in [0.15, 0.2) is 0 Å². The molecule has 27 heavy (non-hydrogen) atoms. The first-order chi connectivity index (χ1) is 12.9. The Balaban J connectivity index is 1.67. The summed E-state index contributed by atoms with van der Waals surface area (Å²) in [4.78, 5) is 48.2. The van der Waals surface area contributed by atoms with Gasteiger partial charge in [-0.2, -0.15) is 0 Å². The fourth-order valence-corrected chi connectivity index (χ4v) is 2.76. The van der Waals surface area contributed by atoms with Crippen LogP contribution in [0.2, 0.25) is 0 Å². The van der Waals surface area contributed by atoms with Crippen LogP contribution in [0.25, 0.3) is 0 Å². The average molecular weight is 369 g/mol. The van der Waals surface area contributed by atoms with Crippen molar-refractivity contribution < 1.29 is 24.0 Å². The Morgan fingerprint density at radius 2 is 1.78 bits per heavy atom. The Morgan fingerprint density at radius 3 is 2.33 bits per heavy atom. The fraction of sp³-hybridized carbons (Fsp3) is 0.167. The molecule has 0 bridgehead atoms. The maximum atomic E-state index is 12.3. The predicted molar refractivity (Wildman–Crippen MR) is 94.7 cm³/mol. The van der Waals surface area contributed by atoms with E-state index in [0.29, 0.717) is 11.1 Å². The van der Waals surface area contributed by atoms with Crippen molar-refractivity contribution in [1.82, 2.24) is 4.90 Å². The van der Waals surface area contributed by atoms with Gasteiger partial charge in [0.1, 0.15) is 11.4 Å². The minimum atomic E-state index is -0.637. The molecule has 1 N–H and O–H groups in total. The van der Waals surface area contributed by atoms with Crippen LogP contribution >= 0.6 is 0 Å². The SMILES string of the molecule is COc1ccc(NC(=O)CCN2C(=O)c3ccccc3C2=O)c([N+](=O)[O-])c1. The molecule has 1 heterocycles. The third kappa shape index (κ3) is 3.47. The summed E-state index contributed by atoms with van der Waals surface area (Å²) in [6.07, 6.45) is -0.186. The first-order valence-corrected chi connectivity index (χ1v) is 8.00. The number of nitro groups is 1. The van der Waals surface area contributed by atoms with Gasteiger partial charge in [0.25, 0.3) is 17.5 Å². The molecule has 3 amide bonds. The van der Waals surface area contributed by atoms with Crippen molar-refractivity contribution in [3.05, 3.63) is 63.7 Å². The van der Waals surface area contributed by atoms with E-state index in [0.717, 1.165) is 4.90 Å². The number of carbonyl (C=O) groups is 3. The highest BCUT2D eigenvalue weighted by Crippen LogP contribution is 2.29. The van der Waals surface area contributed by atoms with Crippen LogP contribution in [0.5, 0.6) is 5.75 Å². The maximum absolute atomic E-state index is 12.3. The highest BCUT2D eigenvalue weighted by molar-refractivity contribution is 6.21. The van der Waals surface area contributed by atoms with Gasteiger partial charge in [-0.25, -0.2) is 0 Å². The quantitative estimate of drug-likeness (QED) is 0.474. The molecule has 0 saturated heterocycles. The van der Waals surface area contributed by atoms with Gasteiger partial charge in [-0.15, -0.1) is 0 Å². The van der Waals surface area contributed by atoms with Gasteiger partial charge in [-0.05, 0) is 24.3 Å². The van der Waals surface area contributed by atoms with Crippen molar-refractivity contribution in [2.45, 2.75) is 6.42 Å². The summed E-state index contributed by atoms with van der Waals surface area (Å²) in [5.74, 6) is -1.19. The summed E-state index contributed by atoms with van der Waals surface area (Å²) in [6.45, 7) is -0.123. The summed E-state index contributed by atoms with van der Waals surface area (Å²) in [7, 11) is 1.37. The van der Waals surface area contributed by atoms with Gasteiger partial charge in [-0.1, -0.05) is 12.1 Å². The zero-order valence-corrected chi connectivity index (χ0v) is 14.3. The zero-order valence-electron chi connectivity index (χ0n) is 14.3. The fourth-order valence-electron chi connectivity index (χ4n) is 2.76. The van der Waals surface area contributed by atoms with Crippen LogP contribution in [0.4, 0.5) is 11.4 Å². The second-order valence-electron chi connectivity index (χ2n) is 5.75. The van der Waals surface area contributed by atoms with Gasteiger partial charge < -0.3 is 10.1 Å². The lowest BCUT2D eigenvalue weighted by Gasteiger charge is -2.13. The predicted octanol–water partition coefficient (Wildman–Crippen LogP) is 2.23. The third-order valence-corrected chi connectivity index (χ3v) is 4.12. The largest absolute Gasteiger partial charge is 0.496 e. The minimum absolute atomic E-state index is 0.00756. The number of ether oxygens (including phenoxy) is 1. The van der Waals surface area contributed by atoms with Crippen LogP contribution in [-0.4, -0.2) is 41.2 Å². The van der Waals surface area contributed by atoms with E-state index in [4.69, 9.17) is 4.74 Å². The smallest absolute Gasteiger partial charge is 0.296 e. The molecule has 1 aliphatic rings. The lowest BCUT2D eigenvalue weighted by atomic mass is 10.1. The van der Waals surface area contributed by atoms with Crippen LogP contribution in [0.1, 0.15) is 27.1 Å². The van der Waals surface area contributed by atoms with Gasteiger partial charge >= 0.3 is 0 Å². The molecule has 0 spiro atoms. The molecule has 0 aromatic heterocycles. The van der Waals surface area contributed by atoms with Crippen LogP contribution < -0.4 is 10.1 Å². The maximum Gasteiger partial charge on any atom is 0.296 e. The van der Waals surface area contributed by atoms with E-state index in [1.165, 1.54) is 25.3 Å². The van der Waals surface area contributed by atoms with Crippen molar-refractivity contribution in [1.29, 1.82) is 0 Å². The number of nitro benzene ring substituents is 1. The molecule has 9 nitrogen and oxygen atoms in total. The summed E-state index contributed by atoms with van der Waals surface area (Å²) >= 11 is 0. The Bertz CT molecular complexity index is 921. The van der Waals surface area contributed by atoms with Crippen LogP contribution in [0.3, 0.4) is 0 Å². The molecule has 0 atom stereocenters. The Hall–Kier alpha value is -3.75. The molecular formula is C18H15N3O6. The number of amides is 3. The number of rotatable bonds is 6. The van der Waals surface area contributed by atoms with Gasteiger partial charge in [-0.3, -0.25) is 29.4 Å². The number of benzene rings is 2. The molecule has 2 aromatic carbocycles. The number of fused-ring (bicyclic) bond motifs is 1. The summed E-state index contributed by atoms with van der Waals surface area (Å²) < 4.78 is 4.94. The Labute approximate surface area is 153 Å². The van der Waals surface area contributed by atoms with Crippen molar-refractivity contribution >= 4 is 29.1 Å². The summed E-state index contributed by atoms with van der Waals surface area (Å²) in [6, 6.07) is 10.4. The summed E-state index contributed by atoms with van der Waals surface area (Å²) in [5.41, 5.74) is 0.291. The number of hydrogen-bond donors (Lipinski definition) is 1. The minimum Gasteiger partial charge on any atom is -0.496 e. The number of anilines is 1. The number of methoxy groups -OCH3 is 1. The summed E-state index contributed by atoms with van der Waals surface area (Å²) in [5, 5.41) is 13.6. The molecule has 2 aromatic rings. The average Bonchev–Trinajstić information content (AvgIpc) is 2.91. The topological polar surface area (TPSA) is 119 Å². The molecule has 0 unspecified atom stereocenters. The van der Waals surface area contributed by atoms with Crippen molar-refractivity contribution in [2.75, 3.05) is 19.0 Å². The normalized spacial score (nSPS) is 12.7. The van der Waals surface area contributed by atoms with E-state index in [1.54, 1.807) is 24.3 Å². The van der Waals surface area contributed by atoms with Crippen molar-refractivity contribution in [2.24, 2.45) is 0 Å². The third-order valence-electron chi connectivity index (χ3n) is 4.12. The van der Waals surface area contributed by atoms with Crippen molar-refractivity contribution in [3.63, 3.8) is 0 Å². The van der Waals surface area contributed by atoms with Crippen molar-refractivity contribution in [3.8, 4) is 5.75 Å². The number of nitrogens with one attached hydrogen (secondary N) is 1. The lowest BCUT2D eigenvalue weighted by molar-refractivity contribution is -0.384. The first-order valence-electron chi connectivity index (χ1n) is 8.00. The van der Waals surface area contributed by atoms with Crippen LogP contribution in [-0.2, 0) is 4.79 Å². The molecule has 138 valence electrons. The second-order valence-corrected chi connectivity index (χ2v) is 5.75. The second kappa shape index (κ2) is 7.24. The Kier molecular flexibility index (Phi) is 4.84. The lowest BCUT2D eigenvalue weighted by Crippen LogP contribution is -2.32.